The third kappa shape index (κ3) is 1.22. The van der Waals surface area contributed by atoms with Crippen LogP contribution in [-0.2, 0) is 6.16 Å². The Morgan fingerprint density at radius 2 is 2.22 bits per heavy atom. The van der Waals surface area contributed by atoms with Gasteiger partial charge in [-0.1, -0.05) is 0 Å². The van der Waals surface area contributed by atoms with Gasteiger partial charge in [-0.3, -0.25) is 0 Å². The highest BCUT2D eigenvalue weighted by atomic mass is 31.0. The highest BCUT2D eigenvalue weighted by Crippen LogP contribution is 2.08. The molecular weight excluding hydrogens is 139 g/mol. The van der Waals surface area contributed by atoms with Gasteiger partial charge in [0.05, 0.1) is 0 Å². The molecule has 1 aromatic heterocycles. The summed E-state index contributed by atoms with van der Waals surface area (Å²) in [7, 11) is 2.45. The van der Waals surface area contributed by atoms with Gasteiger partial charge in [-0.15, -0.1) is 9.24 Å². The molecule has 3 nitrogen and oxygen atoms in total. The van der Waals surface area contributed by atoms with Gasteiger partial charge in [0.25, 0.3) is 0 Å². The van der Waals surface area contributed by atoms with Gasteiger partial charge in [0, 0.05) is 6.16 Å². The second-order valence-corrected chi connectivity index (χ2v) is 2.05. The first-order chi connectivity index (χ1) is 4.24. The zero-order chi connectivity index (χ0) is 6.85. The first kappa shape index (κ1) is 6.56. The third-order valence-electron chi connectivity index (χ3n) is 1.02. The summed E-state index contributed by atoms with van der Waals surface area (Å²) >= 11 is 0. The predicted molar refractivity (Wildman–Crippen MR) is 35.4 cm³/mol. The van der Waals surface area contributed by atoms with E-state index in [9.17, 15) is 4.79 Å². The van der Waals surface area contributed by atoms with Gasteiger partial charge >= 0.3 is 5.82 Å². The lowest BCUT2D eigenvalue weighted by atomic mass is 10.4. The van der Waals surface area contributed by atoms with Crippen LogP contribution >= 0.6 is 9.24 Å². The van der Waals surface area contributed by atoms with E-state index in [1.165, 1.54) is 0 Å². The SMILES string of the molecule is Cc1oc(=O)oc1CP. The molecule has 1 unspecified atom stereocenters. The van der Waals surface area contributed by atoms with Crippen LogP contribution in [0.15, 0.2) is 13.6 Å². The van der Waals surface area contributed by atoms with Gasteiger partial charge in [0.15, 0.2) is 5.76 Å². The van der Waals surface area contributed by atoms with Crippen LogP contribution in [0.5, 0.6) is 0 Å². The van der Waals surface area contributed by atoms with Gasteiger partial charge < -0.3 is 8.83 Å². The molecule has 1 atom stereocenters. The summed E-state index contributed by atoms with van der Waals surface area (Å²) in [6.07, 6.45) is 0.623. The second kappa shape index (κ2) is 2.36. The molecule has 0 spiro atoms. The summed E-state index contributed by atoms with van der Waals surface area (Å²) in [4.78, 5) is 10.3. The highest BCUT2D eigenvalue weighted by Gasteiger charge is 2.03. The first-order valence-corrected chi connectivity index (χ1v) is 3.35. The predicted octanol–water partition coefficient (Wildman–Crippen LogP) is 0.916. The Kier molecular flexibility index (Phi) is 1.72. The van der Waals surface area contributed by atoms with E-state index in [1.807, 2.05) is 0 Å². The van der Waals surface area contributed by atoms with E-state index < -0.39 is 5.82 Å². The van der Waals surface area contributed by atoms with Crippen molar-refractivity contribution in [2.75, 3.05) is 0 Å². The van der Waals surface area contributed by atoms with Crippen molar-refractivity contribution < 1.29 is 8.83 Å². The zero-order valence-corrected chi connectivity index (χ0v) is 6.16. The van der Waals surface area contributed by atoms with Crippen molar-refractivity contribution in [1.29, 1.82) is 0 Å². The van der Waals surface area contributed by atoms with Crippen molar-refractivity contribution in [2.24, 2.45) is 0 Å². The Morgan fingerprint density at radius 1 is 1.56 bits per heavy atom. The second-order valence-electron chi connectivity index (χ2n) is 1.64. The Hall–Kier alpha value is -0.560. The number of aryl methyl sites for hydroxylation is 1. The average molecular weight is 146 g/mol. The fourth-order valence-electron chi connectivity index (χ4n) is 0.561. The Bertz CT molecular complexity index is 247. The maximum Gasteiger partial charge on any atom is 0.519 e. The van der Waals surface area contributed by atoms with Crippen molar-refractivity contribution in [2.45, 2.75) is 13.1 Å². The first-order valence-electron chi connectivity index (χ1n) is 2.53. The normalized spacial score (nSPS) is 10.0. The molecule has 0 saturated carbocycles. The lowest BCUT2D eigenvalue weighted by Crippen LogP contribution is -1.85. The molecule has 0 amide bonds. The van der Waals surface area contributed by atoms with Gasteiger partial charge in [-0.25, -0.2) is 4.79 Å². The summed E-state index contributed by atoms with van der Waals surface area (Å²) < 4.78 is 9.19. The number of hydrogen-bond donors (Lipinski definition) is 0. The Balaban J connectivity index is 3.16. The van der Waals surface area contributed by atoms with E-state index in [1.54, 1.807) is 6.92 Å². The van der Waals surface area contributed by atoms with E-state index in [0.717, 1.165) is 0 Å². The van der Waals surface area contributed by atoms with Crippen LogP contribution < -0.4 is 5.82 Å². The molecule has 0 saturated heterocycles. The molecular formula is C5H7O3P. The highest BCUT2D eigenvalue weighted by molar-refractivity contribution is 7.15. The fraction of sp³-hybridized carbons (Fsp3) is 0.400. The van der Waals surface area contributed by atoms with E-state index in [-0.39, 0.29) is 0 Å². The van der Waals surface area contributed by atoms with E-state index in [2.05, 4.69) is 18.1 Å². The van der Waals surface area contributed by atoms with E-state index >= 15 is 0 Å². The van der Waals surface area contributed by atoms with Gasteiger partial charge in [-0.2, -0.15) is 0 Å². The lowest BCUT2D eigenvalue weighted by Gasteiger charge is -1.82. The minimum absolute atomic E-state index is 0.565. The Morgan fingerprint density at radius 3 is 2.44 bits per heavy atom. The van der Waals surface area contributed by atoms with Gasteiger partial charge in [-0.05, 0) is 6.92 Å². The molecule has 1 heterocycles. The molecule has 0 N–H and O–H groups in total. The third-order valence-corrected chi connectivity index (χ3v) is 1.39. The molecule has 0 fully saturated rings. The minimum Gasteiger partial charge on any atom is -0.396 e. The molecule has 0 radical (unpaired) electrons. The molecule has 0 aliphatic carbocycles. The summed E-state index contributed by atoms with van der Waals surface area (Å²) in [5, 5.41) is 0. The molecule has 0 bridgehead atoms. The molecule has 1 rings (SSSR count). The van der Waals surface area contributed by atoms with Crippen LogP contribution in [0.1, 0.15) is 11.5 Å². The van der Waals surface area contributed by atoms with Crippen molar-refractivity contribution >= 4 is 9.24 Å². The molecule has 1 aromatic rings. The average Bonchev–Trinajstić information content (AvgIpc) is 2.10. The van der Waals surface area contributed by atoms with Crippen LogP contribution in [0.25, 0.3) is 0 Å². The summed E-state index contributed by atoms with van der Waals surface area (Å²) in [5.74, 6) is 0.546. The largest absolute Gasteiger partial charge is 0.519 e. The maximum absolute atomic E-state index is 10.3. The summed E-state index contributed by atoms with van der Waals surface area (Å²) in [6, 6.07) is 0. The monoisotopic (exact) mass is 146 g/mol. The van der Waals surface area contributed by atoms with Crippen molar-refractivity contribution in [3.63, 3.8) is 0 Å². The minimum atomic E-state index is -0.620. The molecule has 9 heavy (non-hydrogen) atoms. The zero-order valence-electron chi connectivity index (χ0n) is 5.01. The van der Waals surface area contributed by atoms with Crippen molar-refractivity contribution in [1.82, 2.24) is 0 Å². The van der Waals surface area contributed by atoms with Crippen LogP contribution in [0.4, 0.5) is 0 Å². The Labute approximate surface area is 54.3 Å². The molecule has 0 aliphatic rings. The van der Waals surface area contributed by atoms with Crippen molar-refractivity contribution in [3.05, 3.63) is 22.1 Å². The quantitative estimate of drug-likeness (QED) is 0.553. The standard InChI is InChI=1S/C5H7O3P/c1-3-4(2-9)8-5(6)7-3/h2,9H2,1H3. The maximum atomic E-state index is 10.3. The van der Waals surface area contributed by atoms with Gasteiger partial charge in [0.1, 0.15) is 5.76 Å². The fourth-order valence-corrected chi connectivity index (χ4v) is 0.931. The molecule has 4 heteroatoms. The van der Waals surface area contributed by atoms with E-state index in [4.69, 9.17) is 0 Å². The van der Waals surface area contributed by atoms with Crippen molar-refractivity contribution in [3.8, 4) is 0 Å². The van der Waals surface area contributed by atoms with Crippen LogP contribution in [0.2, 0.25) is 0 Å². The topological polar surface area (TPSA) is 43.4 Å². The lowest BCUT2D eigenvalue weighted by molar-refractivity contribution is 0.372. The van der Waals surface area contributed by atoms with Crippen LogP contribution in [0, 0.1) is 6.92 Å². The molecule has 0 aliphatic heterocycles. The smallest absolute Gasteiger partial charge is 0.396 e. The molecule has 50 valence electrons. The summed E-state index contributed by atoms with van der Waals surface area (Å²) in [5.41, 5.74) is 0. The number of hydrogen-bond acceptors (Lipinski definition) is 3. The van der Waals surface area contributed by atoms with Crippen LogP contribution in [-0.4, -0.2) is 0 Å². The van der Waals surface area contributed by atoms with Crippen LogP contribution in [0.3, 0.4) is 0 Å². The number of rotatable bonds is 1. The summed E-state index contributed by atoms with van der Waals surface area (Å²) in [6.45, 7) is 1.70. The van der Waals surface area contributed by atoms with E-state index in [0.29, 0.717) is 17.7 Å². The van der Waals surface area contributed by atoms with Gasteiger partial charge in [0.2, 0.25) is 0 Å². The molecule has 0 aromatic carbocycles.